The van der Waals surface area contributed by atoms with Crippen LogP contribution in [0.2, 0.25) is 0 Å². The predicted molar refractivity (Wildman–Crippen MR) is 94.0 cm³/mol. The van der Waals surface area contributed by atoms with Crippen LogP contribution in [0.1, 0.15) is 6.92 Å². The van der Waals surface area contributed by atoms with Gasteiger partial charge >= 0.3 is 0 Å². The predicted octanol–water partition coefficient (Wildman–Crippen LogP) is 2.40. The molecule has 0 bridgehead atoms. The van der Waals surface area contributed by atoms with E-state index in [9.17, 15) is 13.2 Å². The van der Waals surface area contributed by atoms with E-state index >= 15 is 0 Å². The van der Waals surface area contributed by atoms with Crippen molar-refractivity contribution in [2.24, 2.45) is 0 Å². The van der Waals surface area contributed by atoms with Gasteiger partial charge in [0.05, 0.1) is 11.0 Å². The zero-order chi connectivity index (χ0) is 17.3. The second kappa shape index (κ2) is 6.09. The molecule has 2 aromatic carbocycles. The molecule has 3 rings (SSSR count). The first-order chi connectivity index (χ1) is 11.4. The van der Waals surface area contributed by atoms with Gasteiger partial charge in [0.25, 0.3) is 0 Å². The molecule has 0 radical (unpaired) electrons. The summed E-state index contributed by atoms with van der Waals surface area (Å²) in [6.45, 7) is 1.37. The van der Waals surface area contributed by atoms with Gasteiger partial charge in [0.15, 0.2) is 9.84 Å². The molecular formula is C17H17N3O3S. The van der Waals surface area contributed by atoms with E-state index in [1.165, 1.54) is 6.92 Å². The Morgan fingerprint density at radius 3 is 2.46 bits per heavy atom. The maximum atomic E-state index is 11.9. The fraction of sp³-hybridized carbons (Fsp3) is 0.176. The van der Waals surface area contributed by atoms with E-state index in [0.717, 1.165) is 23.0 Å². The smallest absolute Gasteiger partial charge is 0.242 e. The number of anilines is 1. The van der Waals surface area contributed by atoms with Crippen molar-refractivity contribution in [3.05, 3.63) is 54.9 Å². The van der Waals surface area contributed by atoms with E-state index in [1.54, 1.807) is 18.5 Å². The number of nitrogens with zero attached hydrogens (tertiary/aromatic N) is 2. The number of carbonyl (C=O) groups excluding carboxylic acids is 1. The Hall–Kier alpha value is -2.67. The van der Waals surface area contributed by atoms with Crippen LogP contribution in [0.25, 0.3) is 16.7 Å². The average molecular weight is 343 g/mol. The zero-order valence-electron chi connectivity index (χ0n) is 13.3. The molecular weight excluding hydrogens is 326 g/mol. The van der Waals surface area contributed by atoms with Crippen molar-refractivity contribution in [3.63, 3.8) is 0 Å². The van der Waals surface area contributed by atoms with Crippen LogP contribution in [0.4, 0.5) is 5.69 Å². The molecule has 0 aliphatic heterocycles. The minimum atomic E-state index is -3.41. The molecule has 1 N–H and O–H groups in total. The number of benzene rings is 2. The van der Waals surface area contributed by atoms with E-state index in [2.05, 4.69) is 10.3 Å². The molecule has 24 heavy (non-hydrogen) atoms. The molecule has 6 nitrogen and oxygen atoms in total. The van der Waals surface area contributed by atoms with Crippen LogP contribution in [0.3, 0.4) is 0 Å². The molecule has 1 heterocycles. The third kappa shape index (κ3) is 3.16. The highest BCUT2D eigenvalue weighted by atomic mass is 32.2. The number of imidazole rings is 1. The summed E-state index contributed by atoms with van der Waals surface area (Å²) in [5, 5.41) is 1.53. The summed E-state index contributed by atoms with van der Waals surface area (Å²) in [4.78, 5) is 16.3. The number of nitrogens with one attached hydrogen (secondary N) is 1. The van der Waals surface area contributed by atoms with Crippen molar-refractivity contribution in [3.8, 4) is 5.69 Å². The number of hydrogen-bond acceptors (Lipinski definition) is 4. The van der Waals surface area contributed by atoms with Crippen LogP contribution >= 0.6 is 0 Å². The molecule has 0 saturated carbocycles. The summed E-state index contributed by atoms with van der Waals surface area (Å²) in [6, 6.07) is 14.9. The lowest BCUT2D eigenvalue weighted by atomic mass is 10.2. The standard InChI is InChI=1S/C17H17N3O3S/c1-12(24(2,22)23)17(21)19-13-7-9-14(10-8-13)20-11-18-15-5-3-4-6-16(15)20/h3-12H,1-2H3,(H,19,21). The number of fused-ring (bicyclic) bond motifs is 1. The first-order valence-corrected chi connectivity index (χ1v) is 9.34. The van der Waals surface area contributed by atoms with Gasteiger partial charge in [0, 0.05) is 17.6 Å². The van der Waals surface area contributed by atoms with Crippen LogP contribution in [0.5, 0.6) is 0 Å². The van der Waals surface area contributed by atoms with Gasteiger partial charge < -0.3 is 5.32 Å². The number of hydrogen-bond donors (Lipinski definition) is 1. The highest BCUT2D eigenvalue weighted by Gasteiger charge is 2.23. The van der Waals surface area contributed by atoms with E-state index < -0.39 is 21.0 Å². The fourth-order valence-electron chi connectivity index (χ4n) is 2.31. The lowest BCUT2D eigenvalue weighted by Crippen LogP contribution is -2.31. The average Bonchev–Trinajstić information content (AvgIpc) is 2.98. The summed E-state index contributed by atoms with van der Waals surface area (Å²) in [5.41, 5.74) is 3.33. The van der Waals surface area contributed by atoms with Gasteiger partial charge in [-0.05, 0) is 43.3 Å². The number of sulfone groups is 1. The van der Waals surface area contributed by atoms with Gasteiger partial charge in [-0.2, -0.15) is 0 Å². The number of carbonyl (C=O) groups is 1. The van der Waals surface area contributed by atoms with Gasteiger partial charge in [-0.3, -0.25) is 9.36 Å². The van der Waals surface area contributed by atoms with E-state index in [4.69, 9.17) is 0 Å². The fourth-order valence-corrected chi connectivity index (χ4v) is 2.76. The minimum Gasteiger partial charge on any atom is -0.325 e. The summed E-state index contributed by atoms with van der Waals surface area (Å²) in [5.74, 6) is -0.543. The van der Waals surface area contributed by atoms with Crippen LogP contribution in [0.15, 0.2) is 54.9 Å². The summed E-state index contributed by atoms with van der Waals surface area (Å²) >= 11 is 0. The Kier molecular flexibility index (Phi) is 4.11. The molecule has 7 heteroatoms. The van der Waals surface area contributed by atoms with Crippen LogP contribution < -0.4 is 5.32 Å². The van der Waals surface area contributed by atoms with Crippen LogP contribution in [-0.4, -0.2) is 35.4 Å². The van der Waals surface area contributed by atoms with Gasteiger partial charge in [0.1, 0.15) is 11.6 Å². The Labute approximate surface area is 140 Å². The normalized spacial score (nSPS) is 12.9. The molecule has 3 aromatic rings. The molecule has 0 spiro atoms. The van der Waals surface area contributed by atoms with Crippen LogP contribution in [-0.2, 0) is 14.6 Å². The Bertz CT molecular complexity index is 991. The summed E-state index contributed by atoms with van der Waals surface area (Å²) in [7, 11) is -3.41. The SMILES string of the molecule is CC(C(=O)Nc1ccc(-n2cnc3ccccc32)cc1)S(C)(=O)=O. The first-order valence-electron chi connectivity index (χ1n) is 7.38. The summed E-state index contributed by atoms with van der Waals surface area (Å²) < 4.78 is 24.8. The highest BCUT2D eigenvalue weighted by Crippen LogP contribution is 2.19. The molecule has 0 fully saturated rings. The van der Waals surface area contributed by atoms with Crippen molar-refractivity contribution in [1.82, 2.24) is 9.55 Å². The Balaban J connectivity index is 1.82. The van der Waals surface area contributed by atoms with Gasteiger partial charge in [-0.1, -0.05) is 12.1 Å². The number of aromatic nitrogens is 2. The van der Waals surface area contributed by atoms with Crippen LogP contribution in [0, 0.1) is 0 Å². The Morgan fingerprint density at radius 2 is 1.79 bits per heavy atom. The van der Waals surface area contributed by atoms with Crippen molar-refractivity contribution in [1.29, 1.82) is 0 Å². The molecule has 1 atom stereocenters. The summed E-state index contributed by atoms with van der Waals surface area (Å²) in [6.07, 6.45) is 2.79. The Morgan fingerprint density at radius 1 is 1.12 bits per heavy atom. The maximum Gasteiger partial charge on any atom is 0.242 e. The van der Waals surface area contributed by atoms with Crippen molar-refractivity contribution in [2.75, 3.05) is 11.6 Å². The molecule has 1 aromatic heterocycles. The topological polar surface area (TPSA) is 81.1 Å². The third-order valence-electron chi connectivity index (χ3n) is 3.88. The van der Waals surface area contributed by atoms with Gasteiger partial charge in [-0.15, -0.1) is 0 Å². The molecule has 124 valence electrons. The maximum absolute atomic E-state index is 11.9. The second-order valence-electron chi connectivity index (χ2n) is 5.61. The second-order valence-corrected chi connectivity index (χ2v) is 7.98. The quantitative estimate of drug-likeness (QED) is 0.789. The van der Waals surface area contributed by atoms with Crippen molar-refractivity contribution >= 4 is 32.5 Å². The first kappa shape index (κ1) is 16.2. The van der Waals surface area contributed by atoms with E-state index in [0.29, 0.717) is 5.69 Å². The number of amides is 1. The van der Waals surface area contributed by atoms with Crippen molar-refractivity contribution in [2.45, 2.75) is 12.2 Å². The highest BCUT2D eigenvalue weighted by molar-refractivity contribution is 7.92. The third-order valence-corrected chi connectivity index (χ3v) is 5.38. The molecule has 0 aliphatic carbocycles. The molecule has 0 saturated heterocycles. The van der Waals surface area contributed by atoms with Gasteiger partial charge in [-0.25, -0.2) is 13.4 Å². The monoisotopic (exact) mass is 343 g/mol. The molecule has 0 aliphatic rings. The van der Waals surface area contributed by atoms with E-state index in [-0.39, 0.29) is 0 Å². The largest absolute Gasteiger partial charge is 0.325 e. The number of para-hydroxylation sites is 2. The van der Waals surface area contributed by atoms with Gasteiger partial charge in [0.2, 0.25) is 5.91 Å². The van der Waals surface area contributed by atoms with Crippen molar-refractivity contribution < 1.29 is 13.2 Å². The molecule has 1 amide bonds. The molecule has 1 unspecified atom stereocenters. The lowest BCUT2D eigenvalue weighted by molar-refractivity contribution is -0.115. The number of rotatable bonds is 4. The van der Waals surface area contributed by atoms with E-state index in [1.807, 2.05) is 41.0 Å². The minimum absolute atomic E-state index is 0.543. The zero-order valence-corrected chi connectivity index (χ0v) is 14.1. The lowest BCUT2D eigenvalue weighted by Gasteiger charge is -2.11.